The van der Waals surface area contributed by atoms with Gasteiger partial charge in [0.1, 0.15) is 11.6 Å². The van der Waals surface area contributed by atoms with Crippen molar-refractivity contribution < 1.29 is 23.7 Å². The predicted molar refractivity (Wildman–Crippen MR) is 144 cm³/mol. The average Bonchev–Trinajstić information content (AvgIpc) is 3.49. The van der Waals surface area contributed by atoms with Crippen LogP contribution in [0.5, 0.6) is 0 Å². The van der Waals surface area contributed by atoms with E-state index < -0.39 is 34.2 Å². The molecule has 1 aliphatic rings. The zero-order chi connectivity index (χ0) is 27.9. The van der Waals surface area contributed by atoms with Crippen LogP contribution in [-0.2, 0) is 9.59 Å². The van der Waals surface area contributed by atoms with E-state index in [1.54, 1.807) is 38.1 Å². The number of aromatic nitrogens is 1. The molecular formula is C29H26N4O6. The number of carbonyl (C=O) groups excluding carboxylic acids is 3. The molecule has 0 radical (unpaired) electrons. The van der Waals surface area contributed by atoms with E-state index in [1.807, 2.05) is 31.2 Å². The summed E-state index contributed by atoms with van der Waals surface area (Å²) in [5, 5.41) is 11.3. The highest BCUT2D eigenvalue weighted by Gasteiger charge is 2.48. The smallest absolute Gasteiger partial charge is 0.270 e. The lowest BCUT2D eigenvalue weighted by atomic mass is 9.94. The second-order valence-corrected chi connectivity index (χ2v) is 9.97. The Hall–Kier alpha value is -4.86. The highest BCUT2D eigenvalue weighted by Crippen LogP contribution is 2.34. The van der Waals surface area contributed by atoms with Crippen molar-refractivity contribution in [1.29, 1.82) is 0 Å². The average molecular weight is 527 g/mol. The summed E-state index contributed by atoms with van der Waals surface area (Å²) >= 11 is 0. The Balaban J connectivity index is 1.45. The Morgan fingerprint density at radius 3 is 2.49 bits per heavy atom. The molecular weight excluding hydrogens is 500 g/mol. The Morgan fingerprint density at radius 1 is 1.10 bits per heavy atom. The second-order valence-electron chi connectivity index (χ2n) is 9.97. The molecule has 2 heterocycles. The monoisotopic (exact) mass is 526 g/mol. The van der Waals surface area contributed by atoms with E-state index in [2.05, 4.69) is 4.98 Å². The number of fused-ring (bicyclic) bond motifs is 1. The van der Waals surface area contributed by atoms with Gasteiger partial charge in [0.15, 0.2) is 5.58 Å². The lowest BCUT2D eigenvalue weighted by Crippen LogP contribution is -2.55. The van der Waals surface area contributed by atoms with E-state index >= 15 is 0 Å². The summed E-state index contributed by atoms with van der Waals surface area (Å²) in [6, 6.07) is 18.4. The number of non-ortho nitro benzene ring substituents is 1. The summed E-state index contributed by atoms with van der Waals surface area (Å²) in [7, 11) is 0. The number of benzene rings is 3. The quantitative estimate of drug-likeness (QED) is 0.180. The van der Waals surface area contributed by atoms with Crippen LogP contribution in [0.25, 0.3) is 22.6 Å². The van der Waals surface area contributed by atoms with E-state index in [0.29, 0.717) is 29.1 Å². The third kappa shape index (κ3) is 4.65. The number of amides is 3. The van der Waals surface area contributed by atoms with Gasteiger partial charge in [-0.3, -0.25) is 24.5 Å². The molecule has 1 aromatic heterocycles. The summed E-state index contributed by atoms with van der Waals surface area (Å²) in [5.74, 6) is -1.11. The van der Waals surface area contributed by atoms with Crippen LogP contribution >= 0.6 is 0 Å². The van der Waals surface area contributed by atoms with Crippen molar-refractivity contribution in [3.63, 3.8) is 0 Å². The summed E-state index contributed by atoms with van der Waals surface area (Å²) in [5.41, 5.74) is 1.45. The summed E-state index contributed by atoms with van der Waals surface area (Å²) in [6.07, 6.45) is 0.292. The summed E-state index contributed by atoms with van der Waals surface area (Å²) < 4.78 is 5.81. The minimum atomic E-state index is -1.06. The van der Waals surface area contributed by atoms with Gasteiger partial charge in [0.25, 0.3) is 17.5 Å². The van der Waals surface area contributed by atoms with Gasteiger partial charge in [0, 0.05) is 28.8 Å². The van der Waals surface area contributed by atoms with Crippen LogP contribution in [0.3, 0.4) is 0 Å². The normalized spacial score (nSPS) is 15.7. The molecule has 1 unspecified atom stereocenters. The van der Waals surface area contributed by atoms with Gasteiger partial charge in [-0.15, -0.1) is 0 Å². The highest BCUT2D eigenvalue weighted by molar-refractivity contribution is 6.23. The van der Waals surface area contributed by atoms with Crippen LogP contribution in [-0.4, -0.2) is 44.1 Å². The zero-order valence-electron chi connectivity index (χ0n) is 21.7. The number of hydrogen-bond acceptors (Lipinski definition) is 7. The van der Waals surface area contributed by atoms with E-state index in [-0.39, 0.29) is 17.7 Å². The Morgan fingerprint density at radius 2 is 1.82 bits per heavy atom. The van der Waals surface area contributed by atoms with Crippen molar-refractivity contribution in [3.8, 4) is 11.5 Å². The van der Waals surface area contributed by atoms with Crippen LogP contribution in [0.2, 0.25) is 0 Å². The fourth-order valence-corrected chi connectivity index (χ4v) is 4.74. The largest absolute Gasteiger partial charge is 0.436 e. The molecule has 1 aliphatic heterocycles. The lowest BCUT2D eigenvalue weighted by molar-refractivity contribution is -0.384. The van der Waals surface area contributed by atoms with E-state index in [1.165, 1.54) is 29.2 Å². The molecule has 0 aliphatic carbocycles. The van der Waals surface area contributed by atoms with E-state index in [4.69, 9.17) is 4.42 Å². The first kappa shape index (κ1) is 25.8. The fraction of sp³-hybridized carbons (Fsp3) is 0.241. The maximum absolute atomic E-state index is 13.7. The number of imide groups is 1. The maximum Gasteiger partial charge on any atom is 0.270 e. The topological polar surface area (TPSA) is 127 Å². The van der Waals surface area contributed by atoms with Crippen molar-refractivity contribution in [2.75, 3.05) is 4.90 Å². The van der Waals surface area contributed by atoms with E-state index in [9.17, 15) is 24.5 Å². The van der Waals surface area contributed by atoms with Gasteiger partial charge in [-0.2, -0.15) is 0 Å². The van der Waals surface area contributed by atoms with Crippen LogP contribution in [0.15, 0.2) is 77.2 Å². The molecule has 10 heteroatoms. The molecule has 39 heavy (non-hydrogen) atoms. The molecule has 4 aromatic rings. The van der Waals surface area contributed by atoms with Crippen LogP contribution < -0.4 is 4.90 Å². The molecule has 3 amide bonds. The number of nitrogens with zero attached hydrogens (tertiary/aromatic N) is 4. The van der Waals surface area contributed by atoms with Gasteiger partial charge in [0.2, 0.25) is 11.8 Å². The van der Waals surface area contributed by atoms with Crippen LogP contribution in [0, 0.1) is 10.1 Å². The molecule has 5 rings (SSSR count). The lowest BCUT2D eigenvalue weighted by Gasteiger charge is -2.41. The number of rotatable bonds is 7. The van der Waals surface area contributed by atoms with Crippen molar-refractivity contribution in [3.05, 3.63) is 88.5 Å². The van der Waals surface area contributed by atoms with Gasteiger partial charge in [0.05, 0.1) is 17.0 Å². The molecule has 1 saturated heterocycles. The van der Waals surface area contributed by atoms with Gasteiger partial charge in [-0.1, -0.05) is 25.1 Å². The van der Waals surface area contributed by atoms with Gasteiger partial charge in [-0.05, 0) is 62.7 Å². The number of hydrogen-bond donors (Lipinski definition) is 0. The Kier molecular flexibility index (Phi) is 6.47. The highest BCUT2D eigenvalue weighted by atomic mass is 16.6. The maximum atomic E-state index is 13.7. The predicted octanol–water partition coefficient (Wildman–Crippen LogP) is 5.37. The van der Waals surface area contributed by atoms with Crippen molar-refractivity contribution >= 4 is 40.2 Å². The molecule has 1 atom stereocenters. The van der Waals surface area contributed by atoms with Gasteiger partial charge in [-0.25, -0.2) is 9.88 Å². The van der Waals surface area contributed by atoms with Crippen molar-refractivity contribution in [2.24, 2.45) is 0 Å². The SMILES string of the molecule is CCC(C)(C)N(C(=O)c1cccc([N+](=O)[O-])c1)C1CC(=O)N(c2ccc(-c3nc4ccccc4o3)cc2)C1=O. The third-order valence-electron chi connectivity index (χ3n) is 7.14. The Bertz CT molecular complexity index is 1570. The Labute approximate surface area is 224 Å². The molecule has 10 nitrogen and oxygen atoms in total. The molecule has 1 fully saturated rings. The number of oxazole rings is 1. The van der Waals surface area contributed by atoms with Crippen LogP contribution in [0.1, 0.15) is 44.0 Å². The second kappa shape index (κ2) is 9.79. The van der Waals surface area contributed by atoms with Crippen molar-refractivity contribution in [1.82, 2.24) is 9.88 Å². The number of nitro benzene ring substituents is 1. The number of para-hydroxylation sites is 2. The first-order chi connectivity index (χ1) is 18.6. The van der Waals surface area contributed by atoms with Crippen LogP contribution in [0.4, 0.5) is 11.4 Å². The number of nitro groups is 1. The first-order valence-corrected chi connectivity index (χ1v) is 12.5. The third-order valence-corrected chi connectivity index (χ3v) is 7.14. The van der Waals surface area contributed by atoms with Gasteiger partial charge >= 0.3 is 0 Å². The fourth-order valence-electron chi connectivity index (χ4n) is 4.74. The standard InChI is InChI=1S/C29H26N4O6/c1-4-29(2,3)32(27(35)19-8-7-9-21(16-19)33(37)38)23-17-25(34)31(28(23)36)20-14-12-18(13-15-20)26-30-22-10-5-6-11-24(22)39-26/h5-16,23H,4,17H2,1-3H3. The minimum absolute atomic E-state index is 0.0760. The molecule has 0 bridgehead atoms. The van der Waals surface area contributed by atoms with Crippen molar-refractivity contribution in [2.45, 2.75) is 45.2 Å². The molecule has 198 valence electrons. The summed E-state index contributed by atoms with van der Waals surface area (Å²) in [6.45, 7) is 5.48. The molecule has 0 saturated carbocycles. The zero-order valence-corrected chi connectivity index (χ0v) is 21.7. The van der Waals surface area contributed by atoms with Gasteiger partial charge < -0.3 is 9.32 Å². The van der Waals surface area contributed by atoms with E-state index in [0.717, 1.165) is 10.4 Å². The number of anilines is 1. The minimum Gasteiger partial charge on any atom is -0.436 e. The molecule has 0 spiro atoms. The molecule has 3 aromatic carbocycles. The molecule has 0 N–H and O–H groups in total. The number of carbonyl (C=O) groups is 3. The first-order valence-electron chi connectivity index (χ1n) is 12.5. The summed E-state index contributed by atoms with van der Waals surface area (Å²) in [4.78, 5) is 58.1.